The molecule has 0 radical (unpaired) electrons. The minimum atomic E-state index is -0.0819. The summed E-state index contributed by atoms with van der Waals surface area (Å²) < 4.78 is 2.01. The van der Waals surface area contributed by atoms with Crippen molar-refractivity contribution < 1.29 is 9.59 Å². The van der Waals surface area contributed by atoms with E-state index < -0.39 is 0 Å². The zero-order valence-corrected chi connectivity index (χ0v) is 14.9. The van der Waals surface area contributed by atoms with E-state index in [9.17, 15) is 9.59 Å². The Morgan fingerprint density at radius 2 is 2.04 bits per heavy atom. The number of piperidine rings is 1. The third-order valence-corrected chi connectivity index (χ3v) is 5.17. The maximum absolute atomic E-state index is 12.4. The Morgan fingerprint density at radius 1 is 1.27 bits per heavy atom. The quantitative estimate of drug-likeness (QED) is 0.896. The fraction of sp³-hybridized carbons (Fsp3) is 0.421. The fourth-order valence-electron chi connectivity index (χ4n) is 3.78. The molecule has 2 amide bonds. The molecule has 1 aromatic carbocycles. The average Bonchev–Trinajstić information content (AvgIpc) is 3.20. The summed E-state index contributed by atoms with van der Waals surface area (Å²) in [6, 6.07) is 7.70. The smallest absolute Gasteiger partial charge is 0.254 e. The first-order valence-corrected chi connectivity index (χ1v) is 9.00. The number of aromatic nitrogens is 2. The lowest BCUT2D eigenvalue weighted by Gasteiger charge is -2.33. The van der Waals surface area contributed by atoms with Crippen molar-refractivity contribution in [2.24, 2.45) is 7.05 Å². The van der Waals surface area contributed by atoms with Crippen LogP contribution in [0.15, 0.2) is 36.7 Å². The zero-order chi connectivity index (χ0) is 18.1. The molecule has 1 saturated heterocycles. The van der Waals surface area contributed by atoms with E-state index in [1.807, 2.05) is 42.1 Å². The topological polar surface area (TPSA) is 70.5 Å². The molecule has 7 heteroatoms. The molecule has 26 heavy (non-hydrogen) atoms. The van der Waals surface area contributed by atoms with E-state index in [0.29, 0.717) is 12.1 Å². The Kier molecular flexibility index (Phi) is 4.36. The highest BCUT2D eigenvalue weighted by molar-refractivity contribution is 6.00. The van der Waals surface area contributed by atoms with Gasteiger partial charge in [0.2, 0.25) is 11.9 Å². The van der Waals surface area contributed by atoms with Crippen molar-refractivity contribution in [3.05, 3.63) is 47.8 Å². The Labute approximate surface area is 152 Å². The molecule has 2 aliphatic heterocycles. The van der Waals surface area contributed by atoms with E-state index >= 15 is 0 Å². The predicted octanol–water partition coefficient (Wildman–Crippen LogP) is 1.16. The summed E-state index contributed by atoms with van der Waals surface area (Å²) in [7, 11) is 1.99. The Balaban J connectivity index is 1.28. The highest BCUT2D eigenvalue weighted by atomic mass is 16.2. The van der Waals surface area contributed by atoms with E-state index in [2.05, 4.69) is 15.2 Å². The highest BCUT2D eigenvalue weighted by Crippen LogP contribution is 2.22. The largest absolute Gasteiger partial charge is 0.352 e. The van der Waals surface area contributed by atoms with Gasteiger partial charge in [0.05, 0.1) is 0 Å². The van der Waals surface area contributed by atoms with E-state index in [0.717, 1.165) is 37.4 Å². The van der Waals surface area contributed by atoms with Crippen LogP contribution >= 0.6 is 0 Å². The van der Waals surface area contributed by atoms with Crippen molar-refractivity contribution in [1.29, 1.82) is 0 Å². The number of amides is 2. The molecule has 2 aliphatic rings. The van der Waals surface area contributed by atoms with E-state index in [4.69, 9.17) is 0 Å². The van der Waals surface area contributed by atoms with Crippen LogP contribution < -0.4 is 10.2 Å². The molecule has 0 saturated carbocycles. The summed E-state index contributed by atoms with van der Waals surface area (Å²) in [5.74, 6) is 0.831. The van der Waals surface area contributed by atoms with E-state index in [-0.39, 0.29) is 24.4 Å². The maximum Gasteiger partial charge on any atom is 0.254 e. The van der Waals surface area contributed by atoms with Crippen LogP contribution in [0.4, 0.5) is 5.95 Å². The second kappa shape index (κ2) is 6.82. The Hall–Kier alpha value is -2.83. The average molecular weight is 353 g/mol. The minimum absolute atomic E-state index is 0.0552. The van der Waals surface area contributed by atoms with Crippen molar-refractivity contribution in [1.82, 2.24) is 19.8 Å². The Morgan fingerprint density at radius 3 is 2.73 bits per heavy atom. The molecule has 3 heterocycles. The Bertz CT molecular complexity index is 823. The first-order valence-electron chi connectivity index (χ1n) is 9.00. The number of carbonyl (C=O) groups excluding carboxylic acids is 2. The van der Waals surface area contributed by atoms with Crippen molar-refractivity contribution in [2.45, 2.75) is 25.4 Å². The van der Waals surface area contributed by atoms with Crippen LogP contribution in [0.1, 0.15) is 28.8 Å². The van der Waals surface area contributed by atoms with Crippen molar-refractivity contribution in [2.75, 3.05) is 24.5 Å². The molecule has 0 aliphatic carbocycles. The number of nitrogens with one attached hydrogen (secondary N) is 1. The lowest BCUT2D eigenvalue weighted by atomic mass is 10.1. The van der Waals surface area contributed by atoms with Gasteiger partial charge in [0.15, 0.2) is 0 Å². The van der Waals surface area contributed by atoms with Crippen LogP contribution in [-0.4, -0.2) is 51.9 Å². The number of imidazole rings is 1. The van der Waals surface area contributed by atoms with Gasteiger partial charge in [-0.15, -0.1) is 0 Å². The molecule has 0 spiro atoms. The predicted molar refractivity (Wildman–Crippen MR) is 97.8 cm³/mol. The molecule has 1 N–H and O–H groups in total. The summed E-state index contributed by atoms with van der Waals surface area (Å²) in [4.78, 5) is 33.0. The van der Waals surface area contributed by atoms with Gasteiger partial charge in [0.1, 0.15) is 6.54 Å². The second-order valence-electron chi connectivity index (χ2n) is 6.99. The normalized spacial score (nSPS) is 17.5. The van der Waals surface area contributed by atoms with Gasteiger partial charge in [0, 0.05) is 50.7 Å². The fourth-order valence-corrected chi connectivity index (χ4v) is 3.78. The first-order chi connectivity index (χ1) is 12.6. The van der Waals surface area contributed by atoms with Crippen molar-refractivity contribution in [3.8, 4) is 0 Å². The molecule has 0 unspecified atom stereocenters. The van der Waals surface area contributed by atoms with Gasteiger partial charge in [-0.1, -0.05) is 18.2 Å². The minimum Gasteiger partial charge on any atom is -0.352 e. The molecule has 2 aromatic rings. The maximum atomic E-state index is 12.4. The number of anilines is 1. The zero-order valence-electron chi connectivity index (χ0n) is 14.9. The molecule has 0 atom stereocenters. The van der Waals surface area contributed by atoms with Gasteiger partial charge in [-0.2, -0.15) is 0 Å². The second-order valence-corrected chi connectivity index (χ2v) is 6.99. The van der Waals surface area contributed by atoms with Crippen molar-refractivity contribution >= 4 is 17.8 Å². The number of fused-ring (bicyclic) bond motifs is 1. The lowest BCUT2D eigenvalue weighted by molar-refractivity contribution is -0.122. The van der Waals surface area contributed by atoms with Crippen LogP contribution in [-0.2, 0) is 18.4 Å². The summed E-state index contributed by atoms with van der Waals surface area (Å²) in [5.41, 5.74) is 1.71. The number of nitrogens with zero attached hydrogens (tertiary/aromatic N) is 4. The number of aryl methyl sites for hydroxylation is 1. The molecule has 7 nitrogen and oxygen atoms in total. The monoisotopic (exact) mass is 353 g/mol. The number of benzene rings is 1. The van der Waals surface area contributed by atoms with Gasteiger partial charge >= 0.3 is 0 Å². The van der Waals surface area contributed by atoms with Gasteiger partial charge in [-0.3, -0.25) is 9.59 Å². The third kappa shape index (κ3) is 3.16. The number of carbonyl (C=O) groups is 2. The van der Waals surface area contributed by atoms with Crippen LogP contribution in [0, 0.1) is 0 Å². The lowest BCUT2D eigenvalue weighted by Crippen LogP contribution is -2.48. The summed E-state index contributed by atoms with van der Waals surface area (Å²) >= 11 is 0. The van der Waals surface area contributed by atoms with Crippen LogP contribution in [0.3, 0.4) is 0 Å². The van der Waals surface area contributed by atoms with Gasteiger partial charge in [0.25, 0.3) is 5.91 Å². The first kappa shape index (κ1) is 16.6. The molecular weight excluding hydrogens is 330 g/mol. The van der Waals surface area contributed by atoms with Crippen LogP contribution in [0.25, 0.3) is 0 Å². The van der Waals surface area contributed by atoms with Crippen molar-refractivity contribution in [3.63, 3.8) is 0 Å². The van der Waals surface area contributed by atoms with Crippen LogP contribution in [0.5, 0.6) is 0 Å². The number of rotatable bonds is 4. The molecule has 4 rings (SSSR count). The summed E-state index contributed by atoms with van der Waals surface area (Å²) in [5, 5.41) is 3.09. The number of hydrogen-bond acceptors (Lipinski definition) is 4. The van der Waals surface area contributed by atoms with E-state index in [1.54, 1.807) is 11.1 Å². The summed E-state index contributed by atoms with van der Waals surface area (Å²) in [6.45, 7) is 2.36. The standard InChI is InChI=1S/C19H23N5O2/c1-22-11-8-20-19(22)23-9-6-15(7-10-23)21-17(25)13-24-12-14-4-2-3-5-16(14)18(24)26/h2-5,8,11,15H,6-7,9-10,12-13H2,1H3,(H,21,25). The highest BCUT2D eigenvalue weighted by Gasteiger charge is 2.29. The van der Waals surface area contributed by atoms with Gasteiger partial charge in [-0.05, 0) is 24.5 Å². The number of hydrogen-bond donors (Lipinski definition) is 1. The summed E-state index contributed by atoms with van der Waals surface area (Å²) in [6.07, 6.45) is 5.50. The third-order valence-electron chi connectivity index (χ3n) is 5.17. The van der Waals surface area contributed by atoms with Gasteiger partial charge in [-0.25, -0.2) is 4.98 Å². The SMILES string of the molecule is Cn1ccnc1N1CCC(NC(=O)CN2Cc3ccccc3C2=O)CC1. The molecule has 1 aromatic heterocycles. The molecule has 1 fully saturated rings. The molecular formula is C19H23N5O2. The molecule has 0 bridgehead atoms. The molecule has 136 valence electrons. The van der Waals surface area contributed by atoms with Crippen LogP contribution in [0.2, 0.25) is 0 Å². The van der Waals surface area contributed by atoms with Gasteiger partial charge < -0.3 is 19.7 Å². The van der Waals surface area contributed by atoms with E-state index in [1.165, 1.54) is 0 Å².